The lowest BCUT2D eigenvalue weighted by atomic mass is 10.3. The summed E-state index contributed by atoms with van der Waals surface area (Å²) >= 11 is 0. The number of methoxy groups -OCH3 is 1. The summed E-state index contributed by atoms with van der Waals surface area (Å²) in [6.45, 7) is 3.90. The van der Waals surface area contributed by atoms with Crippen LogP contribution >= 0.6 is 0 Å². The summed E-state index contributed by atoms with van der Waals surface area (Å²) in [4.78, 5) is 12.0. The fraction of sp³-hybridized carbons (Fsp3) is 0.385. The van der Waals surface area contributed by atoms with Crippen LogP contribution in [0.3, 0.4) is 0 Å². The Morgan fingerprint density at radius 3 is 2.90 bits per heavy atom. The molecule has 0 bridgehead atoms. The number of anilines is 2. The van der Waals surface area contributed by atoms with E-state index in [0.717, 1.165) is 6.54 Å². The average molecular weight is 290 g/mol. The van der Waals surface area contributed by atoms with E-state index >= 15 is 0 Å². The van der Waals surface area contributed by atoms with Crippen molar-refractivity contribution in [1.29, 1.82) is 0 Å². The van der Waals surface area contributed by atoms with Crippen LogP contribution in [0.5, 0.6) is 0 Å². The number of hydrogen-bond donors (Lipinski definition) is 2. The maximum Gasteiger partial charge on any atom is 0.276 e. The van der Waals surface area contributed by atoms with Crippen molar-refractivity contribution in [3.8, 4) is 0 Å². The Balaban J connectivity index is 1.95. The number of nitrogens with zero attached hydrogens (tertiary/aromatic N) is 4. The van der Waals surface area contributed by atoms with E-state index in [1.165, 1.54) is 0 Å². The van der Waals surface area contributed by atoms with Gasteiger partial charge in [0.1, 0.15) is 5.82 Å². The Morgan fingerprint density at radius 2 is 2.24 bits per heavy atom. The van der Waals surface area contributed by atoms with E-state index < -0.39 is 0 Å². The fourth-order valence-electron chi connectivity index (χ4n) is 1.66. The first-order valence-corrected chi connectivity index (χ1v) is 6.63. The van der Waals surface area contributed by atoms with Gasteiger partial charge in [0, 0.05) is 19.9 Å². The van der Waals surface area contributed by atoms with Gasteiger partial charge >= 0.3 is 0 Å². The van der Waals surface area contributed by atoms with Crippen LogP contribution in [-0.4, -0.2) is 46.1 Å². The Kier molecular flexibility index (Phi) is 5.22. The summed E-state index contributed by atoms with van der Waals surface area (Å²) in [5.74, 6) is 0.318. The molecule has 0 aromatic carbocycles. The molecule has 112 valence electrons. The summed E-state index contributed by atoms with van der Waals surface area (Å²) in [5.41, 5.74) is 0.856. The molecule has 0 aliphatic rings. The monoisotopic (exact) mass is 290 g/mol. The van der Waals surface area contributed by atoms with Crippen molar-refractivity contribution in [2.75, 3.05) is 30.9 Å². The van der Waals surface area contributed by atoms with Gasteiger partial charge in [0.25, 0.3) is 5.91 Å². The number of rotatable bonds is 7. The molecule has 0 aliphatic heterocycles. The van der Waals surface area contributed by atoms with Crippen LogP contribution in [-0.2, 0) is 11.3 Å². The zero-order chi connectivity index (χ0) is 15.1. The summed E-state index contributed by atoms with van der Waals surface area (Å²) < 4.78 is 6.66. The van der Waals surface area contributed by atoms with Crippen LogP contribution in [0.1, 0.15) is 17.4 Å². The maximum atomic E-state index is 12.0. The number of hydrogen-bond acceptors (Lipinski definition) is 6. The first-order chi connectivity index (χ1) is 10.2. The molecule has 2 N–H and O–H groups in total. The highest BCUT2D eigenvalue weighted by atomic mass is 16.5. The van der Waals surface area contributed by atoms with Crippen LogP contribution < -0.4 is 10.6 Å². The Bertz CT molecular complexity index is 581. The predicted molar refractivity (Wildman–Crippen MR) is 78.3 cm³/mol. The molecule has 8 heteroatoms. The minimum absolute atomic E-state index is 0.251. The minimum Gasteiger partial charge on any atom is -0.383 e. The third kappa shape index (κ3) is 4.25. The number of aromatic nitrogens is 4. The van der Waals surface area contributed by atoms with Crippen molar-refractivity contribution < 1.29 is 9.53 Å². The molecular weight excluding hydrogens is 272 g/mol. The summed E-state index contributed by atoms with van der Waals surface area (Å²) in [7, 11) is 1.63. The van der Waals surface area contributed by atoms with E-state index in [2.05, 4.69) is 25.9 Å². The number of carbonyl (C=O) groups is 1. The second-order valence-electron chi connectivity index (χ2n) is 4.27. The Labute approximate surface area is 122 Å². The van der Waals surface area contributed by atoms with Gasteiger partial charge in [0.2, 0.25) is 0 Å². The third-order valence-electron chi connectivity index (χ3n) is 2.67. The third-order valence-corrected chi connectivity index (χ3v) is 2.67. The van der Waals surface area contributed by atoms with Crippen molar-refractivity contribution in [2.45, 2.75) is 13.5 Å². The largest absolute Gasteiger partial charge is 0.383 e. The highest BCUT2D eigenvalue weighted by molar-refractivity contribution is 6.02. The van der Waals surface area contributed by atoms with E-state index in [4.69, 9.17) is 4.74 Å². The van der Waals surface area contributed by atoms with Crippen molar-refractivity contribution >= 4 is 17.4 Å². The van der Waals surface area contributed by atoms with Crippen LogP contribution in [0, 0.1) is 0 Å². The molecule has 0 saturated carbocycles. The van der Waals surface area contributed by atoms with Gasteiger partial charge in [-0.2, -0.15) is 5.10 Å². The lowest BCUT2D eigenvalue weighted by Gasteiger charge is -2.03. The summed E-state index contributed by atoms with van der Waals surface area (Å²) in [6.07, 6.45) is 3.31. The van der Waals surface area contributed by atoms with Crippen molar-refractivity contribution in [2.24, 2.45) is 0 Å². The van der Waals surface area contributed by atoms with Crippen LogP contribution in [0.4, 0.5) is 11.5 Å². The SMILES string of the molecule is CCNc1ccc(C(=O)Nc2cnn(CCOC)c2)nn1. The standard InChI is InChI=1S/C13H18N6O2/c1-3-14-12-5-4-11(17-18-12)13(20)16-10-8-15-19(9-10)6-7-21-2/h4-5,8-9H,3,6-7H2,1-2H3,(H,14,18)(H,16,20). The van der Waals surface area contributed by atoms with E-state index in [1.54, 1.807) is 36.3 Å². The second-order valence-corrected chi connectivity index (χ2v) is 4.27. The maximum absolute atomic E-state index is 12.0. The van der Waals surface area contributed by atoms with Gasteiger partial charge in [0.05, 0.1) is 25.0 Å². The molecule has 2 aromatic heterocycles. The predicted octanol–water partition coefficient (Wildman–Crippen LogP) is 1.00. The summed E-state index contributed by atoms with van der Waals surface area (Å²) in [6, 6.07) is 3.34. The van der Waals surface area contributed by atoms with Crippen molar-refractivity contribution in [3.63, 3.8) is 0 Å². The minimum atomic E-state index is -0.322. The van der Waals surface area contributed by atoms with Crippen LogP contribution in [0.2, 0.25) is 0 Å². The molecule has 0 aliphatic carbocycles. The molecule has 21 heavy (non-hydrogen) atoms. The quantitative estimate of drug-likeness (QED) is 0.790. The molecule has 0 atom stereocenters. The van der Waals surface area contributed by atoms with E-state index in [1.807, 2.05) is 6.92 Å². The average Bonchev–Trinajstić information content (AvgIpc) is 2.93. The van der Waals surface area contributed by atoms with Crippen molar-refractivity contribution in [3.05, 3.63) is 30.2 Å². The molecule has 2 heterocycles. The zero-order valence-corrected chi connectivity index (χ0v) is 12.0. The molecule has 0 fully saturated rings. The highest BCUT2D eigenvalue weighted by Crippen LogP contribution is 2.08. The molecule has 0 spiro atoms. The molecular formula is C13H18N6O2. The van der Waals surface area contributed by atoms with Gasteiger partial charge in [-0.25, -0.2) is 0 Å². The smallest absolute Gasteiger partial charge is 0.276 e. The van der Waals surface area contributed by atoms with E-state index in [0.29, 0.717) is 24.7 Å². The van der Waals surface area contributed by atoms with Crippen LogP contribution in [0.15, 0.2) is 24.5 Å². The first-order valence-electron chi connectivity index (χ1n) is 6.63. The van der Waals surface area contributed by atoms with Gasteiger partial charge in [-0.1, -0.05) is 0 Å². The fourth-order valence-corrected chi connectivity index (χ4v) is 1.66. The Hall–Kier alpha value is -2.48. The topological polar surface area (TPSA) is 94.0 Å². The molecule has 2 rings (SSSR count). The molecule has 8 nitrogen and oxygen atoms in total. The van der Waals surface area contributed by atoms with Gasteiger partial charge in [-0.15, -0.1) is 10.2 Å². The molecule has 2 aromatic rings. The number of nitrogens with one attached hydrogen (secondary N) is 2. The molecule has 0 saturated heterocycles. The van der Waals surface area contributed by atoms with E-state index in [-0.39, 0.29) is 11.6 Å². The van der Waals surface area contributed by atoms with Gasteiger partial charge in [-0.3, -0.25) is 9.48 Å². The van der Waals surface area contributed by atoms with Gasteiger partial charge in [0.15, 0.2) is 5.69 Å². The van der Waals surface area contributed by atoms with Gasteiger partial charge < -0.3 is 15.4 Å². The number of carbonyl (C=O) groups excluding carboxylic acids is 1. The molecule has 1 amide bonds. The number of ether oxygens (including phenoxy) is 1. The van der Waals surface area contributed by atoms with E-state index in [9.17, 15) is 4.79 Å². The number of amides is 1. The van der Waals surface area contributed by atoms with Gasteiger partial charge in [-0.05, 0) is 19.1 Å². The highest BCUT2D eigenvalue weighted by Gasteiger charge is 2.09. The van der Waals surface area contributed by atoms with Crippen molar-refractivity contribution in [1.82, 2.24) is 20.0 Å². The Morgan fingerprint density at radius 1 is 1.38 bits per heavy atom. The lowest BCUT2D eigenvalue weighted by Crippen LogP contribution is -2.14. The van der Waals surface area contributed by atoms with Crippen LogP contribution in [0.25, 0.3) is 0 Å². The normalized spacial score (nSPS) is 10.4. The lowest BCUT2D eigenvalue weighted by molar-refractivity contribution is 0.102. The first kappa shape index (κ1) is 14.9. The zero-order valence-electron chi connectivity index (χ0n) is 12.0. The second kappa shape index (κ2) is 7.34. The molecule has 0 radical (unpaired) electrons. The summed E-state index contributed by atoms with van der Waals surface area (Å²) in [5, 5.41) is 17.6. The molecule has 0 unspecified atom stereocenters.